The molecule has 9 nitrogen and oxygen atoms in total. The Hall–Kier alpha value is -3.03. The number of sulfonamides is 2. The van der Waals surface area contributed by atoms with Crippen LogP contribution in [0.25, 0.3) is 11.1 Å². The third-order valence-corrected chi connectivity index (χ3v) is 10.9. The molecule has 12 heteroatoms. The smallest absolute Gasteiger partial charge is 0.247 e. The first-order chi connectivity index (χ1) is 18.9. The SMILES string of the molecule is COc1ccccc1-c1ccc2c(c1)O[C@H](CN(C)S(=O)(=O)c1ccc(F)cc1)[C@H](C)CN([C@@H](C)CO)S2(=O)=O. The highest BCUT2D eigenvalue weighted by Crippen LogP contribution is 2.39. The molecule has 0 spiro atoms. The Morgan fingerprint density at radius 1 is 1.15 bits per heavy atom. The molecule has 3 atom stereocenters. The lowest BCUT2D eigenvalue weighted by Gasteiger charge is -2.37. The Labute approximate surface area is 234 Å². The molecule has 1 aliphatic rings. The average molecular weight is 593 g/mol. The van der Waals surface area contributed by atoms with Gasteiger partial charge in [0.05, 0.1) is 25.2 Å². The maximum absolute atomic E-state index is 13.8. The molecule has 0 saturated heterocycles. The predicted octanol–water partition coefficient (Wildman–Crippen LogP) is 3.59. The number of fused-ring (bicyclic) bond motifs is 1. The summed E-state index contributed by atoms with van der Waals surface area (Å²) in [7, 11) is -5.14. The molecule has 1 N–H and O–H groups in total. The van der Waals surface area contributed by atoms with Crippen molar-refractivity contribution in [2.24, 2.45) is 5.92 Å². The Morgan fingerprint density at radius 3 is 2.48 bits per heavy atom. The van der Waals surface area contributed by atoms with Crippen LogP contribution in [-0.4, -0.2) is 76.6 Å². The van der Waals surface area contributed by atoms with E-state index in [0.717, 1.165) is 22.0 Å². The lowest BCUT2D eigenvalue weighted by atomic mass is 10.0. The van der Waals surface area contributed by atoms with Gasteiger partial charge in [0, 0.05) is 31.1 Å². The van der Waals surface area contributed by atoms with Gasteiger partial charge in [0.25, 0.3) is 0 Å². The summed E-state index contributed by atoms with van der Waals surface area (Å²) in [5, 5.41) is 9.86. The third kappa shape index (κ3) is 5.86. The van der Waals surface area contributed by atoms with Crippen LogP contribution in [0.5, 0.6) is 11.5 Å². The van der Waals surface area contributed by atoms with Gasteiger partial charge in [0.15, 0.2) is 0 Å². The van der Waals surface area contributed by atoms with Crippen molar-refractivity contribution in [3.05, 3.63) is 72.5 Å². The van der Waals surface area contributed by atoms with Gasteiger partial charge in [-0.1, -0.05) is 31.2 Å². The van der Waals surface area contributed by atoms with Crippen molar-refractivity contribution >= 4 is 20.0 Å². The van der Waals surface area contributed by atoms with Gasteiger partial charge in [-0.3, -0.25) is 0 Å². The van der Waals surface area contributed by atoms with Crippen LogP contribution in [0.3, 0.4) is 0 Å². The van der Waals surface area contributed by atoms with Crippen molar-refractivity contribution in [1.82, 2.24) is 8.61 Å². The second-order valence-electron chi connectivity index (χ2n) is 9.84. The molecule has 1 heterocycles. The molecule has 216 valence electrons. The lowest BCUT2D eigenvalue weighted by molar-refractivity contribution is 0.0905. The first kappa shape index (κ1) is 29.9. The number of ether oxygens (including phenoxy) is 2. The molecule has 0 bridgehead atoms. The van der Waals surface area contributed by atoms with Gasteiger partial charge in [-0.2, -0.15) is 8.61 Å². The minimum Gasteiger partial charge on any atom is -0.496 e. The Kier molecular flexibility index (Phi) is 8.86. The molecular formula is C28H33FN2O7S2. The predicted molar refractivity (Wildman–Crippen MR) is 149 cm³/mol. The van der Waals surface area contributed by atoms with Crippen molar-refractivity contribution in [2.75, 3.05) is 33.9 Å². The summed E-state index contributed by atoms with van der Waals surface area (Å²) in [6.07, 6.45) is -0.768. The first-order valence-electron chi connectivity index (χ1n) is 12.7. The van der Waals surface area contributed by atoms with E-state index in [-0.39, 0.29) is 28.6 Å². The van der Waals surface area contributed by atoms with Crippen molar-refractivity contribution in [3.63, 3.8) is 0 Å². The van der Waals surface area contributed by atoms with E-state index >= 15 is 0 Å². The van der Waals surface area contributed by atoms with Gasteiger partial charge in [0.1, 0.15) is 28.3 Å². The quantitative estimate of drug-likeness (QED) is 0.425. The Morgan fingerprint density at radius 2 is 1.82 bits per heavy atom. The van der Waals surface area contributed by atoms with E-state index in [1.807, 2.05) is 18.2 Å². The average Bonchev–Trinajstić information content (AvgIpc) is 2.94. The fourth-order valence-corrected chi connectivity index (χ4v) is 7.64. The monoisotopic (exact) mass is 592 g/mol. The maximum Gasteiger partial charge on any atom is 0.247 e. The summed E-state index contributed by atoms with van der Waals surface area (Å²) >= 11 is 0. The van der Waals surface area contributed by atoms with Crippen LogP contribution in [0.15, 0.2) is 76.5 Å². The highest BCUT2D eigenvalue weighted by Gasteiger charge is 2.39. The minimum absolute atomic E-state index is 0.00708. The minimum atomic E-state index is -4.08. The van der Waals surface area contributed by atoms with Gasteiger partial charge in [-0.05, 0) is 55.0 Å². The standard InChI is InChI=1S/C28H33FN2O7S2/c1-19-16-31(20(2)18-32)40(35,36)28-14-9-21(24-7-5-6-8-25(24)37-4)15-26(28)38-27(19)17-30(3)39(33,34)23-12-10-22(29)11-13-23/h5-15,19-20,27,32H,16-18H2,1-4H3/t19-,20+,27-/m1/s1. The van der Waals surface area contributed by atoms with Crippen LogP contribution >= 0.6 is 0 Å². The number of likely N-dealkylation sites (N-methyl/N-ethyl adjacent to an activating group) is 1. The van der Waals surface area contributed by atoms with Gasteiger partial charge in [-0.15, -0.1) is 0 Å². The van der Waals surface area contributed by atoms with Crippen molar-refractivity contribution < 1.29 is 35.8 Å². The zero-order chi connectivity index (χ0) is 29.2. The highest BCUT2D eigenvalue weighted by atomic mass is 32.2. The Bertz CT molecular complexity index is 1560. The molecule has 0 radical (unpaired) electrons. The molecule has 3 aromatic rings. The third-order valence-electron chi connectivity index (χ3n) is 7.04. The molecular weight excluding hydrogens is 559 g/mol. The molecule has 0 unspecified atom stereocenters. The second kappa shape index (κ2) is 11.8. The lowest BCUT2D eigenvalue weighted by Crippen LogP contribution is -2.50. The fourth-order valence-electron chi connectivity index (χ4n) is 4.63. The van der Waals surface area contributed by atoms with Crippen LogP contribution in [0, 0.1) is 11.7 Å². The number of benzene rings is 3. The number of nitrogens with zero attached hydrogens (tertiary/aromatic N) is 2. The number of para-hydroxylation sites is 1. The number of rotatable bonds is 8. The summed E-state index contributed by atoms with van der Waals surface area (Å²) in [4.78, 5) is -0.167. The van der Waals surface area contributed by atoms with E-state index in [1.54, 1.807) is 32.0 Å². The van der Waals surface area contributed by atoms with Gasteiger partial charge in [-0.25, -0.2) is 21.2 Å². The zero-order valence-electron chi connectivity index (χ0n) is 22.7. The van der Waals surface area contributed by atoms with E-state index in [0.29, 0.717) is 11.3 Å². The van der Waals surface area contributed by atoms with Gasteiger partial charge in [0.2, 0.25) is 20.0 Å². The Balaban J connectivity index is 1.79. The number of methoxy groups -OCH3 is 1. The molecule has 1 aliphatic heterocycles. The molecule has 0 amide bonds. The molecule has 0 aliphatic carbocycles. The summed E-state index contributed by atoms with van der Waals surface area (Å²) in [6, 6.07) is 15.8. The van der Waals surface area contributed by atoms with Crippen molar-refractivity contribution in [3.8, 4) is 22.6 Å². The maximum atomic E-state index is 13.8. The second-order valence-corrected chi connectivity index (χ2v) is 13.7. The summed E-state index contributed by atoms with van der Waals surface area (Å²) in [6.45, 7) is 2.86. The van der Waals surface area contributed by atoms with E-state index < -0.39 is 50.5 Å². The van der Waals surface area contributed by atoms with Gasteiger partial charge >= 0.3 is 0 Å². The summed E-state index contributed by atoms with van der Waals surface area (Å²) in [5.41, 5.74) is 1.37. The molecule has 3 aromatic carbocycles. The molecule has 40 heavy (non-hydrogen) atoms. The topological polar surface area (TPSA) is 113 Å². The number of aliphatic hydroxyl groups excluding tert-OH is 1. The van der Waals surface area contributed by atoms with Crippen LogP contribution in [0.1, 0.15) is 13.8 Å². The fraction of sp³-hybridized carbons (Fsp3) is 0.357. The largest absolute Gasteiger partial charge is 0.496 e. The number of aliphatic hydroxyl groups is 1. The number of hydrogen-bond donors (Lipinski definition) is 1. The molecule has 0 aromatic heterocycles. The summed E-state index contributed by atoms with van der Waals surface area (Å²) < 4.78 is 81.6. The van der Waals surface area contributed by atoms with E-state index in [2.05, 4.69) is 0 Å². The first-order valence-corrected chi connectivity index (χ1v) is 15.6. The van der Waals surface area contributed by atoms with Crippen LogP contribution in [0.4, 0.5) is 4.39 Å². The summed E-state index contributed by atoms with van der Waals surface area (Å²) in [5.74, 6) is -0.387. The van der Waals surface area contributed by atoms with E-state index in [9.17, 15) is 26.3 Å². The van der Waals surface area contributed by atoms with E-state index in [4.69, 9.17) is 9.47 Å². The zero-order valence-corrected chi connectivity index (χ0v) is 24.3. The van der Waals surface area contributed by atoms with Crippen LogP contribution in [0.2, 0.25) is 0 Å². The van der Waals surface area contributed by atoms with E-state index in [1.165, 1.54) is 36.7 Å². The van der Waals surface area contributed by atoms with Crippen molar-refractivity contribution in [1.29, 1.82) is 0 Å². The molecule has 4 rings (SSSR count). The number of halogens is 1. The highest BCUT2D eigenvalue weighted by molar-refractivity contribution is 7.89. The van der Waals surface area contributed by atoms with Crippen LogP contribution < -0.4 is 9.47 Å². The normalized spacial score (nSPS) is 20.2. The van der Waals surface area contributed by atoms with Gasteiger partial charge < -0.3 is 14.6 Å². The molecule has 0 fully saturated rings. The van der Waals surface area contributed by atoms with Crippen molar-refractivity contribution in [2.45, 2.75) is 35.8 Å². The molecule has 0 saturated carbocycles. The number of hydrogen-bond acceptors (Lipinski definition) is 7. The van der Waals surface area contributed by atoms with Crippen LogP contribution in [-0.2, 0) is 20.0 Å².